The lowest BCUT2D eigenvalue weighted by atomic mass is 10.0. The molecule has 0 radical (unpaired) electrons. The number of urea groups is 1. The number of aromatic nitrogens is 1. The zero-order valence-corrected chi connectivity index (χ0v) is 10.7. The molecule has 0 aromatic carbocycles. The molecule has 102 valence electrons. The number of rotatable bonds is 4. The van der Waals surface area contributed by atoms with Crippen molar-refractivity contribution in [2.45, 2.75) is 20.3 Å². The van der Waals surface area contributed by atoms with E-state index >= 15 is 0 Å². The van der Waals surface area contributed by atoms with Crippen molar-refractivity contribution in [3.05, 3.63) is 11.8 Å². The van der Waals surface area contributed by atoms with Crippen LogP contribution in [0, 0.1) is 12.8 Å². The van der Waals surface area contributed by atoms with Gasteiger partial charge in [0.05, 0.1) is 5.92 Å². The van der Waals surface area contributed by atoms with Crippen LogP contribution in [0.5, 0.6) is 0 Å². The topological polar surface area (TPSA) is 109 Å². The van der Waals surface area contributed by atoms with Gasteiger partial charge in [-0.1, -0.05) is 5.16 Å². The predicted octanol–water partition coefficient (Wildman–Crippen LogP) is 0.617. The molecule has 1 atom stereocenters. The largest absolute Gasteiger partial charge is 0.360 e. The molecular weight excluding hydrogens is 250 g/mol. The molecule has 19 heavy (non-hydrogen) atoms. The van der Waals surface area contributed by atoms with Crippen molar-refractivity contribution < 1.29 is 14.1 Å². The monoisotopic (exact) mass is 265 g/mol. The number of hydrogen-bond donors (Lipinski definition) is 3. The summed E-state index contributed by atoms with van der Waals surface area (Å²) < 4.78 is 4.82. The van der Waals surface area contributed by atoms with Gasteiger partial charge < -0.3 is 9.84 Å². The molecule has 0 saturated heterocycles. The minimum Gasteiger partial charge on any atom is -0.360 e. The molecule has 1 aromatic rings. The molecular formula is C11H15N5O3. The molecule has 3 amide bonds. The molecule has 0 saturated carbocycles. The summed E-state index contributed by atoms with van der Waals surface area (Å²) in [4.78, 5) is 22.9. The highest BCUT2D eigenvalue weighted by atomic mass is 16.5. The fourth-order valence-corrected chi connectivity index (χ4v) is 1.74. The lowest BCUT2D eigenvalue weighted by Gasteiger charge is -2.08. The van der Waals surface area contributed by atoms with Crippen molar-refractivity contribution in [2.75, 3.05) is 11.9 Å². The summed E-state index contributed by atoms with van der Waals surface area (Å²) in [5, 5.41) is 12.6. The summed E-state index contributed by atoms with van der Waals surface area (Å²) in [6.45, 7) is 3.88. The van der Waals surface area contributed by atoms with E-state index in [1.54, 1.807) is 19.9 Å². The number of amides is 3. The molecule has 0 spiro atoms. The molecule has 0 bridgehead atoms. The highest BCUT2D eigenvalue weighted by Crippen LogP contribution is 2.10. The predicted molar refractivity (Wildman–Crippen MR) is 67.6 cm³/mol. The maximum atomic E-state index is 11.5. The van der Waals surface area contributed by atoms with E-state index in [1.807, 2.05) is 0 Å². The average Bonchev–Trinajstić information content (AvgIpc) is 2.89. The van der Waals surface area contributed by atoms with Gasteiger partial charge in [-0.2, -0.15) is 5.10 Å². The van der Waals surface area contributed by atoms with Gasteiger partial charge in [0.2, 0.25) is 5.91 Å². The number of nitrogens with zero attached hydrogens (tertiary/aromatic N) is 2. The highest BCUT2D eigenvalue weighted by Gasteiger charge is 2.26. The number of carbonyl (C=O) groups is 2. The van der Waals surface area contributed by atoms with E-state index in [0.717, 1.165) is 5.71 Å². The number of carbonyl (C=O) groups excluding carboxylic acids is 2. The Bertz CT molecular complexity index is 522. The Morgan fingerprint density at radius 1 is 1.53 bits per heavy atom. The summed E-state index contributed by atoms with van der Waals surface area (Å²) in [5.74, 6) is 0.567. The fraction of sp³-hybridized carbons (Fsp3) is 0.455. The summed E-state index contributed by atoms with van der Waals surface area (Å²) in [6.07, 6.45) is 0.506. The Morgan fingerprint density at radius 2 is 2.32 bits per heavy atom. The Kier molecular flexibility index (Phi) is 3.79. The third-order valence-corrected chi connectivity index (χ3v) is 2.75. The zero-order chi connectivity index (χ0) is 13.8. The Balaban J connectivity index is 1.72. The summed E-state index contributed by atoms with van der Waals surface area (Å²) >= 11 is 0. The number of hydrogen-bond acceptors (Lipinski definition) is 5. The van der Waals surface area contributed by atoms with Gasteiger partial charge in [0, 0.05) is 18.3 Å². The van der Waals surface area contributed by atoms with Crippen LogP contribution in [-0.2, 0) is 4.79 Å². The smallest absolute Gasteiger partial charge is 0.320 e. The average molecular weight is 265 g/mol. The molecule has 1 aliphatic rings. The lowest BCUT2D eigenvalue weighted by molar-refractivity contribution is -0.122. The van der Waals surface area contributed by atoms with Crippen molar-refractivity contribution in [3.8, 4) is 0 Å². The maximum absolute atomic E-state index is 11.5. The second kappa shape index (κ2) is 5.51. The van der Waals surface area contributed by atoms with E-state index in [2.05, 4.69) is 26.3 Å². The Labute approximate surface area is 109 Å². The van der Waals surface area contributed by atoms with Gasteiger partial charge in [-0.25, -0.2) is 10.2 Å². The van der Waals surface area contributed by atoms with Crippen molar-refractivity contribution >= 4 is 23.5 Å². The fourth-order valence-electron chi connectivity index (χ4n) is 1.74. The normalized spacial score (nSPS) is 17.9. The van der Waals surface area contributed by atoms with Gasteiger partial charge in [0.15, 0.2) is 5.82 Å². The van der Waals surface area contributed by atoms with Gasteiger partial charge in [0.1, 0.15) is 5.76 Å². The Hall–Kier alpha value is -2.38. The van der Waals surface area contributed by atoms with Gasteiger partial charge in [-0.15, -0.1) is 0 Å². The van der Waals surface area contributed by atoms with Crippen LogP contribution in [0.15, 0.2) is 15.7 Å². The Morgan fingerprint density at radius 3 is 2.89 bits per heavy atom. The molecule has 2 heterocycles. The second-order valence-electron chi connectivity index (χ2n) is 4.27. The first-order valence-corrected chi connectivity index (χ1v) is 5.88. The first kappa shape index (κ1) is 13.1. The second-order valence-corrected chi connectivity index (χ2v) is 4.27. The van der Waals surface area contributed by atoms with Gasteiger partial charge in [0.25, 0.3) is 0 Å². The number of anilines is 1. The van der Waals surface area contributed by atoms with Crippen LogP contribution in [0.4, 0.5) is 10.6 Å². The molecule has 1 aliphatic heterocycles. The number of nitrogens with one attached hydrogen (secondary N) is 3. The maximum Gasteiger partial charge on any atom is 0.320 e. The van der Waals surface area contributed by atoms with Crippen molar-refractivity contribution in [3.63, 3.8) is 0 Å². The SMILES string of the molecule is CC1=NNC(=O)[C@@H]1CCNC(=O)Nc1cc(C)on1. The number of aryl methyl sites for hydroxylation is 1. The molecule has 2 rings (SSSR count). The van der Waals surface area contributed by atoms with E-state index in [1.165, 1.54) is 0 Å². The van der Waals surface area contributed by atoms with E-state index < -0.39 is 0 Å². The van der Waals surface area contributed by atoms with Crippen LogP contribution in [0.25, 0.3) is 0 Å². The van der Waals surface area contributed by atoms with Gasteiger partial charge in [-0.3, -0.25) is 10.1 Å². The van der Waals surface area contributed by atoms with Crippen LogP contribution < -0.4 is 16.1 Å². The molecule has 3 N–H and O–H groups in total. The molecule has 0 fully saturated rings. The van der Waals surface area contributed by atoms with Gasteiger partial charge in [-0.05, 0) is 20.3 Å². The molecule has 0 unspecified atom stereocenters. The summed E-state index contributed by atoms with van der Waals surface area (Å²) in [6, 6.07) is 1.22. The van der Waals surface area contributed by atoms with Gasteiger partial charge >= 0.3 is 6.03 Å². The van der Waals surface area contributed by atoms with Crippen molar-refractivity contribution in [1.82, 2.24) is 15.9 Å². The standard InChI is InChI=1S/C11H15N5O3/c1-6-5-9(16-19-6)13-11(18)12-4-3-8-7(2)14-15-10(8)17/h5,8H,3-4H2,1-2H3,(H,15,17)(H2,12,13,16,18)/t8-/m1/s1. The molecule has 8 nitrogen and oxygen atoms in total. The molecule has 8 heteroatoms. The summed E-state index contributed by atoms with van der Waals surface area (Å²) in [7, 11) is 0. The van der Waals surface area contributed by atoms with Crippen LogP contribution in [-0.4, -0.2) is 29.4 Å². The third-order valence-electron chi connectivity index (χ3n) is 2.75. The van der Waals surface area contributed by atoms with Crippen LogP contribution >= 0.6 is 0 Å². The summed E-state index contributed by atoms with van der Waals surface area (Å²) in [5.41, 5.74) is 3.13. The highest BCUT2D eigenvalue weighted by molar-refractivity contribution is 6.06. The van der Waals surface area contributed by atoms with E-state index in [-0.39, 0.29) is 17.9 Å². The van der Waals surface area contributed by atoms with Crippen molar-refractivity contribution in [2.24, 2.45) is 11.0 Å². The third kappa shape index (κ3) is 3.30. The van der Waals surface area contributed by atoms with E-state index in [0.29, 0.717) is 24.5 Å². The van der Waals surface area contributed by atoms with Crippen molar-refractivity contribution in [1.29, 1.82) is 0 Å². The minimum absolute atomic E-state index is 0.133. The van der Waals surface area contributed by atoms with Crippen LogP contribution in [0.1, 0.15) is 19.1 Å². The first-order valence-electron chi connectivity index (χ1n) is 5.88. The van der Waals surface area contributed by atoms with E-state index in [4.69, 9.17) is 4.52 Å². The van der Waals surface area contributed by atoms with Crippen LogP contribution in [0.2, 0.25) is 0 Å². The zero-order valence-electron chi connectivity index (χ0n) is 10.7. The van der Waals surface area contributed by atoms with E-state index in [9.17, 15) is 9.59 Å². The quantitative estimate of drug-likeness (QED) is 0.741. The minimum atomic E-state index is -0.388. The lowest BCUT2D eigenvalue weighted by Crippen LogP contribution is -2.33. The molecule has 0 aliphatic carbocycles. The first-order chi connectivity index (χ1) is 9.06. The molecule has 1 aromatic heterocycles. The van der Waals surface area contributed by atoms with Crippen LogP contribution in [0.3, 0.4) is 0 Å². The number of hydrazone groups is 1.